The number of hydrogen-bond donors (Lipinski definition) is 1. The highest BCUT2D eigenvalue weighted by atomic mass is 79.9. The molecule has 2 atom stereocenters. The number of aryl methyl sites for hydroxylation is 2. The summed E-state index contributed by atoms with van der Waals surface area (Å²) in [5, 5.41) is 12.5. The number of esters is 1. The van der Waals surface area contributed by atoms with E-state index < -0.39 is 17.3 Å². The number of benzene rings is 1. The van der Waals surface area contributed by atoms with E-state index in [9.17, 15) is 19.1 Å². The van der Waals surface area contributed by atoms with E-state index in [2.05, 4.69) is 15.9 Å². The molecular weight excluding hydrogens is 479 g/mol. The predicted molar refractivity (Wildman–Crippen MR) is 122 cm³/mol. The Morgan fingerprint density at radius 3 is 2.75 bits per heavy atom. The fourth-order valence-electron chi connectivity index (χ4n) is 4.75. The van der Waals surface area contributed by atoms with Gasteiger partial charge in [0.05, 0.1) is 12.1 Å². The fourth-order valence-corrected chi connectivity index (χ4v) is 5.14. The first kappa shape index (κ1) is 23.1. The van der Waals surface area contributed by atoms with Crippen LogP contribution in [0.15, 0.2) is 12.1 Å². The number of pyridine rings is 1. The van der Waals surface area contributed by atoms with Crippen LogP contribution in [0.25, 0.3) is 10.9 Å². The number of unbranched alkanes of at least 4 members (excludes halogenated alkanes) is 1. The average Bonchev–Trinajstić information content (AvgIpc) is 3.04. The Hall–Kier alpha value is -2.06. The van der Waals surface area contributed by atoms with Crippen LogP contribution in [0.1, 0.15) is 68.3 Å². The zero-order valence-corrected chi connectivity index (χ0v) is 20.2. The van der Waals surface area contributed by atoms with Crippen molar-refractivity contribution in [3.8, 4) is 0 Å². The van der Waals surface area contributed by atoms with Crippen LogP contribution in [0.4, 0.5) is 4.39 Å². The molecule has 0 radical (unpaired) electrons. The third kappa shape index (κ3) is 3.61. The molecule has 8 heteroatoms. The SMILES string of the molecule is CC[C@]1(O)CCC(=O)N2Cc3c(nc4cc(F)c(C)cc4c3CCCCBr)[C@@]2(C)OC1=O. The number of nitrogens with zero attached hydrogens (tertiary/aromatic N) is 2. The summed E-state index contributed by atoms with van der Waals surface area (Å²) < 4.78 is 20.3. The van der Waals surface area contributed by atoms with Crippen molar-refractivity contribution in [3.63, 3.8) is 0 Å². The van der Waals surface area contributed by atoms with Crippen LogP contribution in [-0.4, -0.2) is 37.8 Å². The van der Waals surface area contributed by atoms with Gasteiger partial charge >= 0.3 is 5.97 Å². The van der Waals surface area contributed by atoms with E-state index in [1.165, 1.54) is 11.0 Å². The highest BCUT2D eigenvalue weighted by molar-refractivity contribution is 9.09. The quantitative estimate of drug-likeness (QED) is 0.369. The molecule has 0 spiro atoms. The lowest BCUT2D eigenvalue weighted by molar-refractivity contribution is -0.210. The van der Waals surface area contributed by atoms with E-state index in [4.69, 9.17) is 9.72 Å². The van der Waals surface area contributed by atoms with Gasteiger partial charge in [0.1, 0.15) is 11.5 Å². The number of ether oxygens (including phenoxy) is 1. The zero-order valence-electron chi connectivity index (χ0n) is 18.6. The van der Waals surface area contributed by atoms with E-state index >= 15 is 0 Å². The Morgan fingerprint density at radius 1 is 1.31 bits per heavy atom. The Bertz CT molecular complexity index is 1110. The molecule has 2 aliphatic heterocycles. The maximum absolute atomic E-state index is 14.4. The normalized spacial score (nSPS) is 25.4. The second-order valence-corrected chi connectivity index (χ2v) is 9.71. The Morgan fingerprint density at radius 2 is 2.06 bits per heavy atom. The van der Waals surface area contributed by atoms with Crippen LogP contribution in [0, 0.1) is 12.7 Å². The average molecular weight is 507 g/mol. The minimum atomic E-state index is -1.72. The van der Waals surface area contributed by atoms with Crippen LogP contribution in [-0.2, 0) is 33.0 Å². The largest absolute Gasteiger partial charge is 0.431 e. The molecule has 1 amide bonds. The van der Waals surface area contributed by atoms with Gasteiger partial charge in [-0.15, -0.1) is 0 Å². The summed E-state index contributed by atoms with van der Waals surface area (Å²) in [5.41, 5.74) is 0.149. The maximum Gasteiger partial charge on any atom is 0.340 e. The number of halogens is 2. The van der Waals surface area contributed by atoms with E-state index in [1.54, 1.807) is 20.8 Å². The van der Waals surface area contributed by atoms with Crippen molar-refractivity contribution in [1.29, 1.82) is 0 Å². The molecule has 1 aromatic carbocycles. The number of fused-ring (bicyclic) bond motifs is 4. The number of amides is 1. The summed E-state index contributed by atoms with van der Waals surface area (Å²) in [6, 6.07) is 3.21. The summed E-state index contributed by atoms with van der Waals surface area (Å²) in [6.07, 6.45) is 2.82. The summed E-state index contributed by atoms with van der Waals surface area (Å²) in [7, 11) is 0. The van der Waals surface area contributed by atoms with Crippen LogP contribution in [0.2, 0.25) is 0 Å². The Labute approximate surface area is 195 Å². The van der Waals surface area contributed by atoms with Gasteiger partial charge in [0.2, 0.25) is 11.6 Å². The van der Waals surface area contributed by atoms with Crippen LogP contribution in [0.3, 0.4) is 0 Å². The summed E-state index contributed by atoms with van der Waals surface area (Å²) >= 11 is 3.47. The highest BCUT2D eigenvalue weighted by Crippen LogP contribution is 2.45. The van der Waals surface area contributed by atoms with Crippen molar-refractivity contribution in [2.24, 2.45) is 0 Å². The number of alkyl halides is 1. The van der Waals surface area contributed by atoms with Gasteiger partial charge in [0.25, 0.3) is 0 Å². The van der Waals surface area contributed by atoms with Crippen LogP contribution >= 0.6 is 15.9 Å². The van der Waals surface area contributed by atoms with Crippen molar-refractivity contribution >= 4 is 38.7 Å². The van der Waals surface area contributed by atoms with E-state index in [0.29, 0.717) is 16.8 Å². The van der Waals surface area contributed by atoms with Gasteiger partial charge in [-0.2, -0.15) is 0 Å². The molecule has 4 rings (SSSR count). The third-order valence-electron chi connectivity index (χ3n) is 6.88. The number of carbonyl (C=O) groups excluding carboxylic acids is 2. The number of rotatable bonds is 5. The molecule has 0 aliphatic carbocycles. The maximum atomic E-state index is 14.4. The summed E-state index contributed by atoms with van der Waals surface area (Å²) in [6.45, 7) is 5.32. The van der Waals surface area contributed by atoms with E-state index in [0.717, 1.165) is 41.1 Å². The lowest BCUT2D eigenvalue weighted by Gasteiger charge is -2.39. The Kier molecular flexibility index (Phi) is 6.05. The lowest BCUT2D eigenvalue weighted by atomic mass is 9.92. The van der Waals surface area contributed by atoms with Crippen LogP contribution in [0.5, 0.6) is 0 Å². The molecule has 2 aliphatic rings. The van der Waals surface area contributed by atoms with Gasteiger partial charge in [-0.1, -0.05) is 22.9 Å². The summed E-state index contributed by atoms with van der Waals surface area (Å²) in [4.78, 5) is 32.3. The third-order valence-corrected chi connectivity index (χ3v) is 7.44. The van der Waals surface area contributed by atoms with Crippen LogP contribution < -0.4 is 0 Å². The number of aromatic nitrogens is 1. The lowest BCUT2D eigenvalue weighted by Crippen LogP contribution is -2.53. The second kappa shape index (κ2) is 8.37. The Balaban J connectivity index is 1.92. The molecule has 1 saturated heterocycles. The molecule has 0 unspecified atom stereocenters. The first-order valence-corrected chi connectivity index (χ1v) is 12.2. The minimum absolute atomic E-state index is 0.0159. The number of hydrogen-bond acceptors (Lipinski definition) is 5. The van der Waals surface area contributed by atoms with Crippen molar-refractivity contribution in [1.82, 2.24) is 9.88 Å². The fraction of sp³-hybridized carbons (Fsp3) is 0.542. The molecule has 172 valence electrons. The standard InChI is InChI=1S/C24H28BrFN2O4/c1-4-24(31)9-8-20(29)28-13-17-15(7-5-6-10-25)16-11-14(2)18(26)12-19(16)27-21(17)23(28,3)32-22(24)30/h11-12,31H,4-10,13H2,1-3H3/t23-,24+/m1/s1. The molecule has 1 aromatic heterocycles. The first-order valence-electron chi connectivity index (χ1n) is 11.1. The predicted octanol–water partition coefficient (Wildman–Crippen LogP) is 4.39. The van der Waals surface area contributed by atoms with Crippen molar-refractivity contribution in [2.75, 3.05) is 5.33 Å². The molecule has 3 heterocycles. The van der Waals surface area contributed by atoms with Gasteiger partial charge in [0.15, 0.2) is 5.60 Å². The summed E-state index contributed by atoms with van der Waals surface area (Å²) in [5.74, 6) is -1.32. The van der Waals surface area contributed by atoms with Gasteiger partial charge in [-0.3, -0.25) is 9.69 Å². The van der Waals surface area contributed by atoms with E-state index in [1.807, 2.05) is 6.07 Å². The molecule has 1 fully saturated rings. The number of aliphatic hydroxyl groups is 1. The molecule has 0 saturated carbocycles. The second-order valence-electron chi connectivity index (χ2n) is 8.92. The zero-order chi connectivity index (χ0) is 23.3. The molecule has 6 nitrogen and oxygen atoms in total. The molecule has 32 heavy (non-hydrogen) atoms. The minimum Gasteiger partial charge on any atom is -0.431 e. The first-order chi connectivity index (χ1) is 15.1. The highest BCUT2D eigenvalue weighted by Gasteiger charge is 2.54. The topological polar surface area (TPSA) is 79.7 Å². The van der Waals surface area contributed by atoms with Gasteiger partial charge < -0.3 is 9.84 Å². The van der Waals surface area contributed by atoms with E-state index in [-0.39, 0.29) is 37.5 Å². The van der Waals surface area contributed by atoms with Gasteiger partial charge in [-0.25, -0.2) is 14.2 Å². The van der Waals surface area contributed by atoms with Gasteiger partial charge in [-0.05, 0) is 56.2 Å². The van der Waals surface area contributed by atoms with Crippen molar-refractivity contribution in [3.05, 3.63) is 40.3 Å². The molecular formula is C24H28BrFN2O4. The molecule has 0 bridgehead atoms. The number of carbonyl (C=O) groups is 2. The molecule has 1 N–H and O–H groups in total. The van der Waals surface area contributed by atoms with Crippen molar-refractivity contribution in [2.45, 2.75) is 77.2 Å². The monoisotopic (exact) mass is 506 g/mol. The molecule has 2 aromatic rings. The van der Waals surface area contributed by atoms with Gasteiger partial charge in [0, 0.05) is 35.7 Å². The smallest absolute Gasteiger partial charge is 0.340 e. The van der Waals surface area contributed by atoms with Crippen molar-refractivity contribution < 1.29 is 23.8 Å².